The highest BCUT2D eigenvalue weighted by Crippen LogP contribution is 2.27. The van der Waals surface area contributed by atoms with Crippen LogP contribution >= 0.6 is 11.6 Å². The second-order valence-corrected chi connectivity index (χ2v) is 4.25. The third-order valence-corrected chi connectivity index (χ3v) is 3.07. The first-order chi connectivity index (χ1) is 8.76. The smallest absolute Gasteiger partial charge is 0.123 e. The third kappa shape index (κ3) is 2.49. The number of rotatable bonds is 4. The van der Waals surface area contributed by atoms with Gasteiger partial charge in [0.25, 0.3) is 0 Å². The third-order valence-electron chi connectivity index (χ3n) is 2.75. The van der Waals surface area contributed by atoms with Gasteiger partial charge in [-0.1, -0.05) is 17.7 Å². The predicted octanol–water partition coefficient (Wildman–Crippen LogP) is 3.83. The lowest BCUT2D eigenvalue weighted by Gasteiger charge is -2.23. The van der Waals surface area contributed by atoms with Gasteiger partial charge in [0.15, 0.2) is 0 Å². The average Bonchev–Trinajstić information content (AvgIpc) is 2.88. The lowest BCUT2D eigenvalue weighted by molar-refractivity contribution is 0.503. The van der Waals surface area contributed by atoms with Crippen molar-refractivity contribution in [2.24, 2.45) is 0 Å². The van der Waals surface area contributed by atoms with Crippen LogP contribution in [0, 0.1) is 11.3 Å². The minimum absolute atomic E-state index is 0.480. The minimum atomic E-state index is 0.480. The maximum atomic E-state index is 9.19. The normalized spacial score (nSPS) is 10.1. The number of furan rings is 1. The molecule has 1 aromatic heterocycles. The van der Waals surface area contributed by atoms with E-state index in [1.54, 1.807) is 12.3 Å². The van der Waals surface area contributed by atoms with E-state index < -0.39 is 0 Å². The molecule has 0 saturated heterocycles. The van der Waals surface area contributed by atoms with Crippen LogP contribution in [0.4, 0.5) is 5.69 Å². The zero-order valence-corrected chi connectivity index (χ0v) is 10.8. The lowest BCUT2D eigenvalue weighted by atomic mass is 10.1. The Kier molecular flexibility index (Phi) is 3.91. The van der Waals surface area contributed by atoms with Gasteiger partial charge in [-0.25, -0.2) is 0 Å². The first-order valence-electron chi connectivity index (χ1n) is 5.72. The molecule has 92 valence electrons. The van der Waals surface area contributed by atoms with E-state index in [1.165, 1.54) is 0 Å². The van der Waals surface area contributed by atoms with Gasteiger partial charge in [0.1, 0.15) is 11.8 Å². The number of anilines is 1. The molecule has 4 heteroatoms. The molecule has 0 atom stereocenters. The van der Waals surface area contributed by atoms with E-state index >= 15 is 0 Å². The van der Waals surface area contributed by atoms with Gasteiger partial charge in [0.2, 0.25) is 0 Å². The standard InChI is InChI=1S/C14H13ClN2O/c1-2-17(10-11-5-4-8-18-11)14-7-3-6-13(15)12(14)9-16/h3-8H,2,10H2,1H3. The highest BCUT2D eigenvalue weighted by molar-refractivity contribution is 6.32. The summed E-state index contributed by atoms with van der Waals surface area (Å²) in [6.45, 7) is 3.43. The second-order valence-electron chi connectivity index (χ2n) is 3.84. The van der Waals surface area contributed by atoms with E-state index in [0.717, 1.165) is 18.0 Å². The van der Waals surface area contributed by atoms with Crippen LogP contribution < -0.4 is 4.90 Å². The fraction of sp³-hybridized carbons (Fsp3) is 0.214. The quantitative estimate of drug-likeness (QED) is 0.839. The summed E-state index contributed by atoms with van der Waals surface area (Å²) in [5, 5.41) is 9.66. The summed E-state index contributed by atoms with van der Waals surface area (Å²) in [5.74, 6) is 0.862. The van der Waals surface area contributed by atoms with Crippen LogP contribution in [0.1, 0.15) is 18.2 Å². The van der Waals surface area contributed by atoms with Crippen molar-refractivity contribution in [3.8, 4) is 6.07 Å². The van der Waals surface area contributed by atoms with E-state index in [2.05, 4.69) is 11.0 Å². The Bertz CT molecular complexity index is 558. The van der Waals surface area contributed by atoms with E-state index in [9.17, 15) is 5.26 Å². The molecular formula is C14H13ClN2O. The molecule has 3 nitrogen and oxygen atoms in total. The van der Waals surface area contributed by atoms with Crippen LogP contribution in [0.2, 0.25) is 5.02 Å². The first kappa shape index (κ1) is 12.5. The molecule has 1 heterocycles. The van der Waals surface area contributed by atoms with Crippen LogP contribution in [0.3, 0.4) is 0 Å². The summed E-state index contributed by atoms with van der Waals surface area (Å²) >= 11 is 6.04. The number of hydrogen-bond acceptors (Lipinski definition) is 3. The van der Waals surface area contributed by atoms with Crippen molar-refractivity contribution in [2.75, 3.05) is 11.4 Å². The molecule has 0 unspecified atom stereocenters. The Hall–Kier alpha value is -1.92. The molecule has 0 radical (unpaired) electrons. The topological polar surface area (TPSA) is 40.2 Å². The molecule has 2 aromatic rings. The van der Waals surface area contributed by atoms with E-state index in [0.29, 0.717) is 17.1 Å². The molecule has 0 aliphatic heterocycles. The monoisotopic (exact) mass is 260 g/mol. The number of benzene rings is 1. The minimum Gasteiger partial charge on any atom is -0.467 e. The summed E-state index contributed by atoms with van der Waals surface area (Å²) < 4.78 is 5.33. The van der Waals surface area contributed by atoms with Crippen molar-refractivity contribution in [2.45, 2.75) is 13.5 Å². The fourth-order valence-electron chi connectivity index (χ4n) is 1.84. The molecular weight excluding hydrogens is 248 g/mol. The van der Waals surface area contributed by atoms with Crippen LogP contribution in [0.5, 0.6) is 0 Å². The van der Waals surface area contributed by atoms with Crippen molar-refractivity contribution < 1.29 is 4.42 Å². The molecule has 1 aromatic carbocycles. The molecule has 18 heavy (non-hydrogen) atoms. The van der Waals surface area contributed by atoms with E-state index in [1.807, 2.05) is 31.2 Å². The van der Waals surface area contributed by atoms with Gasteiger partial charge < -0.3 is 9.32 Å². The molecule has 0 fully saturated rings. The van der Waals surface area contributed by atoms with Gasteiger partial charge in [0, 0.05) is 6.54 Å². The Labute approximate surface area is 111 Å². The Morgan fingerprint density at radius 1 is 1.33 bits per heavy atom. The highest BCUT2D eigenvalue weighted by atomic mass is 35.5. The van der Waals surface area contributed by atoms with Gasteiger partial charge in [-0.2, -0.15) is 5.26 Å². The summed E-state index contributed by atoms with van der Waals surface area (Å²) in [6.07, 6.45) is 1.65. The molecule has 0 saturated carbocycles. The van der Waals surface area contributed by atoms with Crippen molar-refractivity contribution in [3.63, 3.8) is 0 Å². The van der Waals surface area contributed by atoms with Gasteiger partial charge in [0.05, 0.1) is 29.1 Å². The number of hydrogen-bond donors (Lipinski definition) is 0. The number of nitriles is 1. The molecule has 2 rings (SSSR count). The predicted molar refractivity (Wildman–Crippen MR) is 71.6 cm³/mol. The Balaban J connectivity index is 2.33. The maximum Gasteiger partial charge on any atom is 0.123 e. The maximum absolute atomic E-state index is 9.19. The summed E-state index contributed by atoms with van der Waals surface area (Å²) in [5.41, 5.74) is 1.34. The summed E-state index contributed by atoms with van der Waals surface area (Å²) in [4.78, 5) is 2.06. The van der Waals surface area contributed by atoms with Crippen LogP contribution in [-0.4, -0.2) is 6.54 Å². The Morgan fingerprint density at radius 2 is 2.17 bits per heavy atom. The van der Waals surface area contributed by atoms with Gasteiger partial charge in [-0.15, -0.1) is 0 Å². The van der Waals surface area contributed by atoms with Crippen molar-refractivity contribution in [3.05, 3.63) is 52.9 Å². The molecule has 0 N–H and O–H groups in total. The van der Waals surface area contributed by atoms with Crippen molar-refractivity contribution in [1.82, 2.24) is 0 Å². The Morgan fingerprint density at radius 3 is 2.78 bits per heavy atom. The SMILES string of the molecule is CCN(Cc1ccco1)c1cccc(Cl)c1C#N. The average molecular weight is 261 g/mol. The first-order valence-corrected chi connectivity index (χ1v) is 6.10. The van der Waals surface area contributed by atoms with Crippen LogP contribution in [0.15, 0.2) is 41.0 Å². The lowest BCUT2D eigenvalue weighted by Crippen LogP contribution is -2.22. The van der Waals surface area contributed by atoms with Crippen LogP contribution in [-0.2, 0) is 6.54 Å². The second kappa shape index (κ2) is 5.61. The zero-order chi connectivity index (χ0) is 13.0. The van der Waals surface area contributed by atoms with Gasteiger partial charge in [-0.3, -0.25) is 0 Å². The highest BCUT2D eigenvalue weighted by Gasteiger charge is 2.13. The van der Waals surface area contributed by atoms with Crippen molar-refractivity contribution >= 4 is 17.3 Å². The molecule has 0 aliphatic carbocycles. The summed E-state index contributed by atoms with van der Waals surface area (Å²) in [7, 11) is 0. The number of halogens is 1. The fourth-order valence-corrected chi connectivity index (χ4v) is 2.06. The molecule has 0 spiro atoms. The van der Waals surface area contributed by atoms with E-state index in [4.69, 9.17) is 16.0 Å². The molecule has 0 aliphatic rings. The van der Waals surface area contributed by atoms with Crippen molar-refractivity contribution in [1.29, 1.82) is 5.26 Å². The molecule has 0 bridgehead atoms. The van der Waals surface area contributed by atoms with Gasteiger partial charge >= 0.3 is 0 Å². The van der Waals surface area contributed by atoms with Gasteiger partial charge in [-0.05, 0) is 31.2 Å². The van der Waals surface area contributed by atoms with E-state index in [-0.39, 0.29) is 0 Å². The van der Waals surface area contributed by atoms with Crippen LogP contribution in [0.25, 0.3) is 0 Å². The molecule has 0 amide bonds. The largest absolute Gasteiger partial charge is 0.467 e. The number of nitrogens with zero attached hydrogens (tertiary/aromatic N) is 2. The zero-order valence-electron chi connectivity index (χ0n) is 10.1. The summed E-state index contributed by atoms with van der Waals surface area (Å²) in [6, 6.07) is 11.4.